The Morgan fingerprint density at radius 3 is 2.53 bits per heavy atom. The van der Waals surface area contributed by atoms with Gasteiger partial charge in [0, 0.05) is 56.7 Å². The molecule has 4 rings (SSSR count). The largest absolute Gasteiger partial charge is 0.354 e. The van der Waals surface area contributed by atoms with Gasteiger partial charge in [-0.05, 0) is 29.7 Å². The lowest BCUT2D eigenvalue weighted by molar-refractivity contribution is 0.0953. The predicted octanol–water partition coefficient (Wildman–Crippen LogP) is 6.18. The Kier molecular flexibility index (Phi) is 11.0. The number of unbranched alkanes of at least 4 members (excludes halogenated alkanes) is 2. The number of nitrogens with zero attached hydrogens (tertiary/aromatic N) is 4. The van der Waals surface area contributed by atoms with Gasteiger partial charge >= 0.3 is 0 Å². The number of benzene rings is 2. The number of carbonyl (C=O) groups is 1. The molecule has 1 saturated heterocycles. The van der Waals surface area contributed by atoms with Crippen LogP contribution in [0.3, 0.4) is 0 Å². The first kappa shape index (κ1) is 28.1. The highest BCUT2D eigenvalue weighted by atomic mass is 35.5. The molecule has 1 N–H and O–H groups in total. The van der Waals surface area contributed by atoms with Crippen molar-refractivity contribution < 1.29 is 4.79 Å². The Balaban J connectivity index is 1.25. The first-order chi connectivity index (χ1) is 18.6. The number of nitrogens with one attached hydrogen (secondary N) is 1. The second-order valence-electron chi connectivity index (χ2n) is 9.38. The van der Waals surface area contributed by atoms with Crippen molar-refractivity contribution >= 4 is 41.2 Å². The molecule has 8 heteroatoms. The van der Waals surface area contributed by atoms with Crippen LogP contribution in [0.1, 0.15) is 47.7 Å². The molecule has 0 saturated carbocycles. The van der Waals surface area contributed by atoms with Crippen molar-refractivity contribution in [2.45, 2.75) is 37.1 Å². The molecule has 0 radical (unpaired) electrons. The first-order valence-corrected chi connectivity index (χ1v) is 14.7. The lowest BCUT2D eigenvalue weighted by Gasteiger charge is -2.35. The van der Waals surface area contributed by atoms with E-state index in [1.165, 1.54) is 5.56 Å². The lowest BCUT2D eigenvalue weighted by atomic mass is 10.1. The average molecular weight is 550 g/mol. The quantitative estimate of drug-likeness (QED) is 0.126. The molecule has 3 aromatic rings. The molecule has 0 spiro atoms. The van der Waals surface area contributed by atoms with Crippen molar-refractivity contribution in [2.75, 3.05) is 44.2 Å². The minimum atomic E-state index is -0.0181. The predicted molar refractivity (Wildman–Crippen MR) is 159 cm³/mol. The zero-order valence-electron chi connectivity index (χ0n) is 22.0. The van der Waals surface area contributed by atoms with Crippen molar-refractivity contribution in [3.63, 3.8) is 0 Å². The molecule has 1 fully saturated rings. The maximum absolute atomic E-state index is 12.3. The summed E-state index contributed by atoms with van der Waals surface area (Å²) in [6.45, 7) is 7.56. The van der Waals surface area contributed by atoms with Gasteiger partial charge in [0.1, 0.15) is 11.0 Å². The summed E-state index contributed by atoms with van der Waals surface area (Å²) >= 11 is 7.92. The van der Waals surface area contributed by atoms with E-state index in [0.29, 0.717) is 21.6 Å². The van der Waals surface area contributed by atoms with Gasteiger partial charge in [0.2, 0.25) is 0 Å². The number of carbonyl (C=O) groups excluding carboxylic acids is 1. The number of hydrogen-bond acceptors (Lipinski definition) is 6. The van der Waals surface area contributed by atoms with Crippen LogP contribution in [0, 0.1) is 0 Å². The summed E-state index contributed by atoms with van der Waals surface area (Å²) in [5.41, 5.74) is 3.03. The van der Waals surface area contributed by atoms with Crippen LogP contribution in [-0.4, -0.2) is 60.0 Å². The zero-order valence-corrected chi connectivity index (χ0v) is 23.6. The number of halogens is 1. The van der Waals surface area contributed by atoms with Crippen molar-refractivity contribution in [2.24, 2.45) is 0 Å². The minimum absolute atomic E-state index is 0.0181. The van der Waals surface area contributed by atoms with E-state index in [1.807, 2.05) is 36.4 Å². The number of anilines is 1. The third kappa shape index (κ3) is 8.86. The van der Waals surface area contributed by atoms with Gasteiger partial charge in [0.25, 0.3) is 5.91 Å². The SMILES string of the molecule is CCCCCNC(=O)c1ccc(CSc2nc(Cl)cc(N3CCN(CC=Cc4ccccc4)CC3)n2)cc1. The van der Waals surface area contributed by atoms with Crippen LogP contribution in [0.25, 0.3) is 6.08 Å². The van der Waals surface area contributed by atoms with Gasteiger partial charge in [-0.25, -0.2) is 9.97 Å². The van der Waals surface area contributed by atoms with Gasteiger partial charge in [-0.2, -0.15) is 0 Å². The van der Waals surface area contributed by atoms with E-state index in [0.717, 1.165) is 69.9 Å². The summed E-state index contributed by atoms with van der Waals surface area (Å²) < 4.78 is 0. The Morgan fingerprint density at radius 1 is 1.03 bits per heavy atom. The highest BCUT2D eigenvalue weighted by molar-refractivity contribution is 7.98. The van der Waals surface area contributed by atoms with Crippen molar-refractivity contribution in [1.29, 1.82) is 0 Å². The van der Waals surface area contributed by atoms with Crippen LogP contribution in [0.5, 0.6) is 0 Å². The van der Waals surface area contributed by atoms with Crippen molar-refractivity contribution in [3.05, 3.63) is 88.6 Å². The first-order valence-electron chi connectivity index (χ1n) is 13.3. The molecule has 6 nitrogen and oxygen atoms in total. The van der Waals surface area contributed by atoms with E-state index in [9.17, 15) is 4.79 Å². The lowest BCUT2D eigenvalue weighted by Crippen LogP contribution is -2.46. The molecule has 0 bridgehead atoms. The van der Waals surface area contributed by atoms with Crippen molar-refractivity contribution in [1.82, 2.24) is 20.2 Å². The van der Waals surface area contributed by atoms with E-state index in [1.54, 1.807) is 11.8 Å². The van der Waals surface area contributed by atoms with Crippen LogP contribution >= 0.6 is 23.4 Å². The fraction of sp³-hybridized carbons (Fsp3) is 0.367. The molecule has 2 aromatic carbocycles. The molecule has 200 valence electrons. The molecular weight excluding hydrogens is 514 g/mol. The number of amides is 1. The van der Waals surface area contributed by atoms with Gasteiger partial charge in [0.05, 0.1) is 0 Å². The number of hydrogen-bond donors (Lipinski definition) is 1. The van der Waals surface area contributed by atoms with Crippen LogP contribution in [-0.2, 0) is 5.75 Å². The van der Waals surface area contributed by atoms with E-state index >= 15 is 0 Å². The van der Waals surface area contributed by atoms with Gasteiger partial charge in [0.15, 0.2) is 5.16 Å². The van der Waals surface area contributed by atoms with E-state index in [4.69, 9.17) is 16.6 Å². The van der Waals surface area contributed by atoms with Gasteiger partial charge < -0.3 is 10.2 Å². The Bertz CT molecular complexity index is 1180. The molecule has 0 unspecified atom stereocenters. The third-order valence-electron chi connectivity index (χ3n) is 6.48. The average Bonchev–Trinajstić information content (AvgIpc) is 2.95. The smallest absolute Gasteiger partial charge is 0.251 e. The molecule has 0 aliphatic carbocycles. The zero-order chi connectivity index (χ0) is 26.6. The van der Waals surface area contributed by atoms with Crippen LogP contribution < -0.4 is 10.2 Å². The molecule has 1 aromatic heterocycles. The number of aromatic nitrogens is 2. The standard InChI is InChI=1S/C30H36ClN5OS/c1-2-3-7-16-32-29(37)26-14-12-25(13-15-26)23-38-30-33-27(31)22-28(34-30)36-20-18-35(19-21-36)17-8-11-24-9-5-4-6-10-24/h4-6,8-15,22H,2-3,7,16-21,23H2,1H3,(H,32,37). The highest BCUT2D eigenvalue weighted by Crippen LogP contribution is 2.25. The second-order valence-corrected chi connectivity index (χ2v) is 10.7. The summed E-state index contributed by atoms with van der Waals surface area (Å²) in [6.07, 6.45) is 7.70. The van der Waals surface area contributed by atoms with Crippen LogP contribution in [0.2, 0.25) is 5.15 Å². The fourth-order valence-electron chi connectivity index (χ4n) is 4.25. The monoisotopic (exact) mass is 549 g/mol. The van der Waals surface area contributed by atoms with Gasteiger partial charge in [-0.15, -0.1) is 0 Å². The van der Waals surface area contributed by atoms with Gasteiger partial charge in [-0.3, -0.25) is 9.69 Å². The molecule has 1 aliphatic rings. The Morgan fingerprint density at radius 2 is 1.79 bits per heavy atom. The summed E-state index contributed by atoms with van der Waals surface area (Å²) in [4.78, 5) is 26.2. The molecule has 38 heavy (non-hydrogen) atoms. The minimum Gasteiger partial charge on any atom is -0.354 e. The van der Waals surface area contributed by atoms with E-state index in [2.05, 4.69) is 63.4 Å². The van der Waals surface area contributed by atoms with Crippen molar-refractivity contribution in [3.8, 4) is 0 Å². The van der Waals surface area contributed by atoms with E-state index < -0.39 is 0 Å². The highest BCUT2D eigenvalue weighted by Gasteiger charge is 2.18. The summed E-state index contributed by atoms with van der Waals surface area (Å²) in [5, 5.41) is 4.11. The van der Waals surface area contributed by atoms with E-state index in [-0.39, 0.29) is 5.91 Å². The molecular formula is C30H36ClN5OS. The topological polar surface area (TPSA) is 61.4 Å². The summed E-state index contributed by atoms with van der Waals surface area (Å²) in [5.74, 6) is 1.57. The Labute approximate surface area is 235 Å². The third-order valence-corrected chi connectivity index (χ3v) is 7.59. The Hall–Kier alpha value is -2.87. The molecule has 0 atom stereocenters. The van der Waals surface area contributed by atoms with Crippen LogP contribution in [0.15, 0.2) is 71.9 Å². The summed E-state index contributed by atoms with van der Waals surface area (Å²) in [7, 11) is 0. The molecule has 1 aliphatic heterocycles. The van der Waals surface area contributed by atoms with Crippen LogP contribution in [0.4, 0.5) is 5.82 Å². The maximum Gasteiger partial charge on any atom is 0.251 e. The van der Waals surface area contributed by atoms with Gasteiger partial charge in [-0.1, -0.05) is 97.7 Å². The normalized spacial score (nSPS) is 14.2. The fourth-order valence-corrected chi connectivity index (χ4v) is 5.29. The summed E-state index contributed by atoms with van der Waals surface area (Å²) in [6, 6.07) is 20.0. The maximum atomic E-state index is 12.3. The second kappa shape index (κ2) is 14.9. The number of rotatable bonds is 12. The number of thioether (sulfide) groups is 1. The number of piperazine rings is 1. The molecule has 1 amide bonds. The molecule has 2 heterocycles.